The number of carbonyl (C=O) groups excluding carboxylic acids is 2. The Morgan fingerprint density at radius 1 is 1.30 bits per heavy atom. The van der Waals surface area contributed by atoms with E-state index < -0.39 is 18.1 Å². The van der Waals surface area contributed by atoms with Gasteiger partial charge in [0.05, 0.1) is 7.11 Å². The van der Waals surface area contributed by atoms with Gasteiger partial charge >= 0.3 is 12.1 Å². The Labute approximate surface area is 132 Å². The van der Waals surface area contributed by atoms with E-state index in [2.05, 4.69) is 30.7 Å². The molecule has 23 heavy (non-hydrogen) atoms. The molecule has 1 amide bonds. The molecule has 0 fully saturated rings. The second-order valence-electron chi connectivity index (χ2n) is 4.65. The van der Waals surface area contributed by atoms with Crippen molar-refractivity contribution < 1.29 is 19.1 Å². The molecule has 1 heterocycles. The highest BCUT2D eigenvalue weighted by Gasteiger charge is 2.22. The minimum absolute atomic E-state index is 0.116. The molecule has 0 radical (unpaired) electrons. The lowest BCUT2D eigenvalue weighted by Crippen LogP contribution is -2.42. The number of carbonyl (C=O) groups is 2. The standard InChI is InChI=1S/C14H17N5O4/c1-22-13(20)11(7-8-12-16-18-19-17-12)15-14(21)23-9-10-5-3-2-4-6-10/h2-6,11H,7-9H2,1H3,(H,15,21)(H,16,17,18,19)/t11-/m0/s1. The number of hydrogen-bond acceptors (Lipinski definition) is 7. The summed E-state index contributed by atoms with van der Waals surface area (Å²) in [6, 6.07) is 8.39. The molecule has 0 aliphatic carbocycles. The van der Waals surface area contributed by atoms with Crippen molar-refractivity contribution in [3.63, 3.8) is 0 Å². The lowest BCUT2D eigenvalue weighted by atomic mass is 10.1. The molecule has 122 valence electrons. The van der Waals surface area contributed by atoms with Gasteiger partial charge in [-0.1, -0.05) is 35.5 Å². The summed E-state index contributed by atoms with van der Waals surface area (Å²) in [6.07, 6.45) is -0.0700. The van der Waals surface area contributed by atoms with E-state index in [4.69, 9.17) is 4.74 Å². The Morgan fingerprint density at radius 3 is 2.74 bits per heavy atom. The van der Waals surface area contributed by atoms with Crippen molar-refractivity contribution in [1.29, 1.82) is 0 Å². The first kappa shape index (κ1) is 16.4. The van der Waals surface area contributed by atoms with Gasteiger partial charge in [-0.15, -0.1) is 10.2 Å². The molecule has 0 aliphatic heterocycles. The Balaban J connectivity index is 1.83. The molecule has 0 saturated heterocycles. The second kappa shape index (κ2) is 8.47. The van der Waals surface area contributed by atoms with E-state index in [1.807, 2.05) is 30.3 Å². The molecule has 9 heteroatoms. The quantitative estimate of drug-likeness (QED) is 0.717. The van der Waals surface area contributed by atoms with Gasteiger partial charge in [-0.05, 0) is 12.0 Å². The second-order valence-corrected chi connectivity index (χ2v) is 4.65. The van der Waals surface area contributed by atoms with Gasteiger partial charge in [0.2, 0.25) is 0 Å². The largest absolute Gasteiger partial charge is 0.467 e. The van der Waals surface area contributed by atoms with Crippen molar-refractivity contribution >= 4 is 12.1 Å². The average molecular weight is 319 g/mol. The van der Waals surface area contributed by atoms with Crippen LogP contribution in [-0.4, -0.2) is 45.8 Å². The van der Waals surface area contributed by atoms with Gasteiger partial charge in [0.1, 0.15) is 12.6 Å². The number of ether oxygens (including phenoxy) is 2. The van der Waals surface area contributed by atoms with E-state index in [1.165, 1.54) is 7.11 Å². The van der Waals surface area contributed by atoms with Gasteiger partial charge in [-0.25, -0.2) is 9.59 Å². The first-order chi connectivity index (χ1) is 11.2. The number of hydrogen-bond donors (Lipinski definition) is 2. The van der Waals surface area contributed by atoms with E-state index in [0.717, 1.165) is 5.56 Å². The molecule has 2 rings (SSSR count). The Bertz CT molecular complexity index is 617. The highest BCUT2D eigenvalue weighted by molar-refractivity contribution is 5.81. The number of rotatable bonds is 7. The number of H-pyrrole nitrogens is 1. The van der Waals surface area contributed by atoms with Crippen LogP contribution in [0, 0.1) is 0 Å². The molecule has 1 atom stereocenters. The lowest BCUT2D eigenvalue weighted by molar-refractivity contribution is -0.143. The zero-order valence-corrected chi connectivity index (χ0v) is 12.6. The summed E-state index contributed by atoms with van der Waals surface area (Å²) in [6.45, 7) is 0.116. The molecule has 2 aromatic rings. The fraction of sp³-hybridized carbons (Fsp3) is 0.357. The summed E-state index contributed by atoms with van der Waals surface area (Å²) in [5.74, 6) is -0.122. The molecular formula is C14H17N5O4. The predicted molar refractivity (Wildman–Crippen MR) is 78.1 cm³/mol. The number of tetrazole rings is 1. The van der Waals surface area contributed by atoms with E-state index in [9.17, 15) is 9.59 Å². The van der Waals surface area contributed by atoms with E-state index in [0.29, 0.717) is 12.2 Å². The zero-order valence-electron chi connectivity index (χ0n) is 12.6. The maximum Gasteiger partial charge on any atom is 0.408 e. The third-order valence-corrected chi connectivity index (χ3v) is 3.04. The van der Waals surface area contributed by atoms with Crippen molar-refractivity contribution in [3.05, 3.63) is 41.7 Å². The van der Waals surface area contributed by atoms with Gasteiger partial charge in [0.15, 0.2) is 5.82 Å². The molecule has 0 saturated carbocycles. The van der Waals surface area contributed by atoms with E-state index in [1.54, 1.807) is 0 Å². The number of benzene rings is 1. The molecule has 0 bridgehead atoms. The molecule has 0 aliphatic rings. The lowest BCUT2D eigenvalue weighted by Gasteiger charge is -2.15. The van der Waals surface area contributed by atoms with E-state index >= 15 is 0 Å². The first-order valence-corrected chi connectivity index (χ1v) is 6.96. The Hall–Kier alpha value is -2.97. The third kappa shape index (κ3) is 5.38. The smallest absolute Gasteiger partial charge is 0.408 e. The van der Waals surface area contributed by atoms with Crippen LogP contribution in [0.5, 0.6) is 0 Å². The van der Waals surface area contributed by atoms with Gasteiger partial charge in [0.25, 0.3) is 0 Å². The predicted octanol–water partition coefficient (Wildman–Crippen LogP) is 0.600. The van der Waals surface area contributed by atoms with E-state index in [-0.39, 0.29) is 13.0 Å². The van der Waals surface area contributed by atoms with Gasteiger partial charge < -0.3 is 14.8 Å². The van der Waals surface area contributed by atoms with Crippen molar-refractivity contribution in [2.45, 2.75) is 25.5 Å². The van der Waals surface area contributed by atoms with Crippen LogP contribution in [0.2, 0.25) is 0 Å². The van der Waals surface area contributed by atoms with Crippen LogP contribution in [-0.2, 0) is 27.3 Å². The van der Waals surface area contributed by atoms with Crippen molar-refractivity contribution in [3.8, 4) is 0 Å². The summed E-state index contributed by atoms with van der Waals surface area (Å²) in [4.78, 5) is 23.5. The van der Waals surface area contributed by atoms with Crippen molar-refractivity contribution in [2.24, 2.45) is 0 Å². The fourth-order valence-corrected chi connectivity index (χ4v) is 1.86. The van der Waals surface area contributed by atoms with Crippen LogP contribution in [0.3, 0.4) is 0 Å². The SMILES string of the molecule is COC(=O)[C@H](CCc1nn[nH]n1)NC(=O)OCc1ccccc1. The number of aryl methyl sites for hydroxylation is 1. The molecule has 9 nitrogen and oxygen atoms in total. The number of esters is 1. The molecule has 0 unspecified atom stereocenters. The average Bonchev–Trinajstić information content (AvgIpc) is 3.10. The van der Waals surface area contributed by atoms with Crippen molar-refractivity contribution in [2.75, 3.05) is 7.11 Å². The number of amides is 1. The van der Waals surface area contributed by atoms with Crippen LogP contribution in [0.15, 0.2) is 30.3 Å². The minimum Gasteiger partial charge on any atom is -0.467 e. The summed E-state index contributed by atoms with van der Waals surface area (Å²) >= 11 is 0. The Kier molecular flexibility index (Phi) is 6.04. The Morgan fingerprint density at radius 2 is 2.09 bits per heavy atom. The third-order valence-electron chi connectivity index (χ3n) is 3.04. The summed E-state index contributed by atoms with van der Waals surface area (Å²) in [7, 11) is 1.25. The van der Waals surface area contributed by atoms with Gasteiger partial charge in [-0.2, -0.15) is 5.21 Å². The maximum absolute atomic E-state index is 11.8. The fourth-order valence-electron chi connectivity index (χ4n) is 1.86. The van der Waals surface area contributed by atoms with Crippen LogP contribution < -0.4 is 5.32 Å². The molecule has 1 aromatic heterocycles. The highest BCUT2D eigenvalue weighted by Crippen LogP contribution is 2.04. The summed E-state index contributed by atoms with van der Waals surface area (Å²) < 4.78 is 9.76. The molecular weight excluding hydrogens is 302 g/mol. The molecule has 2 N–H and O–H groups in total. The monoisotopic (exact) mass is 319 g/mol. The summed E-state index contributed by atoms with van der Waals surface area (Å²) in [5, 5.41) is 15.8. The number of nitrogens with zero attached hydrogens (tertiary/aromatic N) is 3. The van der Waals surface area contributed by atoms with Gasteiger partial charge in [0, 0.05) is 6.42 Å². The van der Waals surface area contributed by atoms with Crippen LogP contribution in [0.4, 0.5) is 4.79 Å². The zero-order chi connectivity index (χ0) is 16.5. The number of aromatic amines is 1. The van der Waals surface area contributed by atoms with Gasteiger partial charge in [-0.3, -0.25) is 0 Å². The minimum atomic E-state index is -0.846. The van der Waals surface area contributed by atoms with Crippen LogP contribution in [0.1, 0.15) is 17.8 Å². The number of aromatic nitrogens is 4. The number of nitrogens with one attached hydrogen (secondary N) is 2. The normalized spacial score (nSPS) is 11.5. The van der Waals surface area contributed by atoms with Crippen LogP contribution >= 0.6 is 0 Å². The van der Waals surface area contributed by atoms with Crippen molar-refractivity contribution in [1.82, 2.24) is 25.9 Å². The highest BCUT2D eigenvalue weighted by atomic mass is 16.6. The first-order valence-electron chi connectivity index (χ1n) is 6.96. The number of methoxy groups -OCH3 is 1. The summed E-state index contributed by atoms with van der Waals surface area (Å²) in [5.41, 5.74) is 0.851. The topological polar surface area (TPSA) is 119 Å². The van der Waals surface area contributed by atoms with Crippen LogP contribution in [0.25, 0.3) is 0 Å². The maximum atomic E-state index is 11.8. The molecule has 0 spiro atoms. The molecule has 1 aromatic carbocycles. The number of alkyl carbamates (subject to hydrolysis) is 1.